The van der Waals surface area contributed by atoms with Crippen LogP contribution in [0.4, 0.5) is 0 Å². The number of aliphatic hydroxyl groups is 2. The molecule has 2 aromatic carbocycles. The number of aromatic hydroxyl groups is 1. The van der Waals surface area contributed by atoms with Crippen LogP contribution in [-0.2, 0) is 28.5 Å². The molecular weight excluding hydrogens is 624 g/mol. The van der Waals surface area contributed by atoms with Crippen molar-refractivity contribution in [2.45, 2.75) is 49.0 Å². The molecule has 8 rings (SSSR count). The molecule has 3 aromatic rings. The van der Waals surface area contributed by atoms with Crippen molar-refractivity contribution in [2.75, 3.05) is 34.2 Å². The monoisotopic (exact) mass is 656 g/mol. The van der Waals surface area contributed by atoms with E-state index >= 15 is 0 Å². The minimum Gasteiger partial charge on any atom is -0.502 e. The molecule has 3 fully saturated rings. The van der Waals surface area contributed by atoms with Gasteiger partial charge in [0.1, 0.15) is 24.4 Å². The van der Waals surface area contributed by atoms with Crippen molar-refractivity contribution >= 4 is 17.3 Å². The molecule has 5 aliphatic rings. The van der Waals surface area contributed by atoms with Gasteiger partial charge in [-0.1, -0.05) is 6.07 Å². The second-order valence-corrected chi connectivity index (χ2v) is 12.7. The lowest BCUT2D eigenvalue weighted by atomic mass is 9.66. The van der Waals surface area contributed by atoms with E-state index in [2.05, 4.69) is 0 Å². The van der Waals surface area contributed by atoms with Crippen LogP contribution in [0.3, 0.4) is 0 Å². The highest BCUT2D eigenvalue weighted by Crippen LogP contribution is 2.57. The number of carbonyl (C=O) groups is 1. The van der Waals surface area contributed by atoms with Crippen molar-refractivity contribution < 1.29 is 62.7 Å². The zero-order valence-electron chi connectivity index (χ0n) is 24.8. The molecule has 3 saturated heterocycles. The molecule has 1 aromatic heterocycles. The maximum Gasteiger partial charge on any atom is 0.310 e. The van der Waals surface area contributed by atoms with Gasteiger partial charge in [-0.15, -0.1) is 11.3 Å². The van der Waals surface area contributed by atoms with E-state index < -0.39 is 66.8 Å². The minimum atomic E-state index is -1.47. The van der Waals surface area contributed by atoms with Gasteiger partial charge in [-0.3, -0.25) is 4.79 Å². The molecule has 14 heteroatoms. The van der Waals surface area contributed by atoms with Gasteiger partial charge in [-0.2, -0.15) is 0 Å². The number of rotatable bonds is 6. The first kappa shape index (κ1) is 29.8. The number of phenolic OH excluding ortho intramolecular Hbond substituents is 1. The van der Waals surface area contributed by atoms with E-state index in [0.717, 1.165) is 4.88 Å². The molecule has 3 unspecified atom stereocenters. The molecule has 13 nitrogen and oxygen atoms in total. The first-order chi connectivity index (χ1) is 22.4. The summed E-state index contributed by atoms with van der Waals surface area (Å²) in [6.07, 6.45) is -7.16. The first-order valence-corrected chi connectivity index (χ1v) is 15.8. The number of cyclic esters (lactones) is 1. The fourth-order valence-electron chi connectivity index (χ4n) is 7.18. The molecule has 0 radical (unpaired) electrons. The predicted molar refractivity (Wildman–Crippen MR) is 156 cm³/mol. The van der Waals surface area contributed by atoms with Crippen LogP contribution in [0.15, 0.2) is 41.8 Å². The Morgan fingerprint density at radius 1 is 0.913 bits per heavy atom. The smallest absolute Gasteiger partial charge is 0.310 e. The number of esters is 1. The molecule has 0 bridgehead atoms. The van der Waals surface area contributed by atoms with Gasteiger partial charge in [-0.05, 0) is 52.4 Å². The van der Waals surface area contributed by atoms with E-state index in [0.29, 0.717) is 28.2 Å². The van der Waals surface area contributed by atoms with Crippen LogP contribution in [0.25, 0.3) is 0 Å². The second kappa shape index (κ2) is 11.6. The Hall–Kier alpha value is -3.63. The molecule has 46 heavy (non-hydrogen) atoms. The summed E-state index contributed by atoms with van der Waals surface area (Å²) in [5, 5.41) is 35.0. The molecule has 0 amide bonds. The second-order valence-electron chi connectivity index (χ2n) is 11.8. The molecule has 244 valence electrons. The topological polar surface area (TPSA) is 161 Å². The fraction of sp³-hybridized carbons (Fsp3) is 0.469. The van der Waals surface area contributed by atoms with Gasteiger partial charge < -0.3 is 58.0 Å². The van der Waals surface area contributed by atoms with Gasteiger partial charge in [0.05, 0.1) is 44.3 Å². The molecule has 10 atom stereocenters. The van der Waals surface area contributed by atoms with Crippen molar-refractivity contribution in [3.63, 3.8) is 0 Å². The van der Waals surface area contributed by atoms with E-state index in [1.54, 1.807) is 18.2 Å². The molecular formula is C32H32O13S. The third-order valence-electron chi connectivity index (χ3n) is 9.37. The Bertz CT molecular complexity index is 1600. The Labute approximate surface area is 267 Å². The molecule has 3 N–H and O–H groups in total. The highest BCUT2D eigenvalue weighted by molar-refractivity contribution is 7.10. The summed E-state index contributed by atoms with van der Waals surface area (Å²) in [4.78, 5) is 14.3. The van der Waals surface area contributed by atoms with E-state index in [-0.39, 0.29) is 37.3 Å². The van der Waals surface area contributed by atoms with Crippen LogP contribution in [0, 0.1) is 11.8 Å². The van der Waals surface area contributed by atoms with Crippen LogP contribution in [0.1, 0.15) is 39.9 Å². The van der Waals surface area contributed by atoms with Crippen molar-refractivity contribution in [3.05, 3.63) is 63.3 Å². The average Bonchev–Trinajstić information content (AvgIpc) is 3.85. The number of fused-ring (bicyclic) bond motifs is 4. The normalized spacial score (nSPS) is 34.3. The minimum absolute atomic E-state index is 0.0242. The van der Waals surface area contributed by atoms with Crippen LogP contribution in [0.2, 0.25) is 0 Å². The Morgan fingerprint density at radius 3 is 2.35 bits per heavy atom. The van der Waals surface area contributed by atoms with Gasteiger partial charge in [0.2, 0.25) is 12.5 Å². The molecule has 4 aliphatic heterocycles. The van der Waals surface area contributed by atoms with Crippen molar-refractivity contribution in [3.8, 4) is 28.7 Å². The highest BCUT2D eigenvalue weighted by Gasteiger charge is 2.56. The Balaban J connectivity index is 1.16. The largest absolute Gasteiger partial charge is 0.502 e. The third kappa shape index (κ3) is 4.70. The van der Waals surface area contributed by atoms with E-state index in [1.165, 1.54) is 25.6 Å². The Kier molecular flexibility index (Phi) is 7.48. The molecule has 1 aliphatic carbocycles. The summed E-state index contributed by atoms with van der Waals surface area (Å²) in [5.41, 5.74) is 2.00. The number of ether oxygens (including phenoxy) is 9. The number of carbonyl (C=O) groups excluding carboxylic acids is 1. The maximum absolute atomic E-state index is 13.5. The highest BCUT2D eigenvalue weighted by atomic mass is 32.1. The lowest BCUT2D eigenvalue weighted by molar-refractivity contribution is -0.368. The number of thiophene rings is 1. The summed E-state index contributed by atoms with van der Waals surface area (Å²) in [5.74, 6) is -1.08. The lowest BCUT2D eigenvalue weighted by Gasteiger charge is -2.48. The van der Waals surface area contributed by atoms with Crippen molar-refractivity contribution in [1.82, 2.24) is 0 Å². The number of phenols is 1. The van der Waals surface area contributed by atoms with Crippen molar-refractivity contribution in [2.24, 2.45) is 11.8 Å². The van der Waals surface area contributed by atoms with Gasteiger partial charge >= 0.3 is 5.97 Å². The maximum atomic E-state index is 13.5. The van der Waals surface area contributed by atoms with E-state index in [4.69, 9.17) is 42.6 Å². The number of aliphatic hydroxyl groups excluding tert-OH is 2. The summed E-state index contributed by atoms with van der Waals surface area (Å²) in [6.45, 7) is 0.171. The molecule has 0 spiro atoms. The quantitative estimate of drug-likeness (QED) is 0.333. The summed E-state index contributed by atoms with van der Waals surface area (Å²) in [7, 11) is 2.86. The first-order valence-electron chi connectivity index (χ1n) is 14.9. The molecule has 5 heterocycles. The van der Waals surface area contributed by atoms with Crippen molar-refractivity contribution in [1.29, 1.82) is 0 Å². The standard InChI is InChI=1S/C32H32O13S/c1-37-19-6-13(7-20(38-2)25(19)33)23-14-8-17-18(42-12-41-17)9-15(14)28(16-10-39-30(36)24(16)23)44-32-27(35)26(34)29-21(43-32)11-40-31(45-29)22-4-3-5-46-22/h3-9,16,21,23-24,26-29,31-35H,10-12H2,1-2H3/t16-,21?,23+,24-,26+,27?,28+,29+,31?,32-/m0/s1. The lowest BCUT2D eigenvalue weighted by Crippen LogP contribution is -2.62. The van der Waals surface area contributed by atoms with Gasteiger partial charge in [0.15, 0.2) is 35.6 Å². The van der Waals surface area contributed by atoms with Gasteiger partial charge in [0.25, 0.3) is 0 Å². The van der Waals surface area contributed by atoms with Gasteiger partial charge in [-0.25, -0.2) is 0 Å². The number of hydrogen-bond donors (Lipinski definition) is 3. The van der Waals surface area contributed by atoms with Crippen LogP contribution in [-0.4, -0.2) is 86.2 Å². The van der Waals surface area contributed by atoms with E-state index in [9.17, 15) is 20.1 Å². The summed E-state index contributed by atoms with van der Waals surface area (Å²) in [6, 6.07) is 10.7. The average molecular weight is 657 g/mol. The zero-order chi connectivity index (χ0) is 31.7. The van der Waals surface area contributed by atoms with Crippen LogP contribution in [0.5, 0.6) is 28.7 Å². The van der Waals surface area contributed by atoms with Gasteiger partial charge in [0, 0.05) is 11.8 Å². The number of methoxy groups -OCH3 is 2. The Morgan fingerprint density at radius 2 is 1.65 bits per heavy atom. The summed E-state index contributed by atoms with van der Waals surface area (Å²) >= 11 is 1.46. The third-order valence-corrected chi connectivity index (χ3v) is 10.3. The number of hydrogen-bond acceptors (Lipinski definition) is 14. The van der Waals surface area contributed by atoms with Crippen LogP contribution >= 0.6 is 11.3 Å². The predicted octanol–water partition coefficient (Wildman–Crippen LogP) is 2.75. The zero-order valence-corrected chi connectivity index (χ0v) is 25.6. The SMILES string of the molecule is COc1cc([C@@H]2c3cc4c(cc3[C@@H](O[C@@H]3OC5COC(c6cccs6)O[C@H]5[C@H](O)C3O)[C@H]3COC(=O)[C@H]23)OCO4)cc(OC)c1O. The summed E-state index contributed by atoms with van der Waals surface area (Å²) < 4.78 is 52.6. The van der Waals surface area contributed by atoms with Crippen LogP contribution < -0.4 is 18.9 Å². The fourth-order valence-corrected chi connectivity index (χ4v) is 7.89. The number of benzene rings is 2. The molecule has 0 saturated carbocycles. The van der Waals surface area contributed by atoms with E-state index in [1.807, 2.05) is 23.6 Å².